The number of sulfonamides is 1. The zero-order valence-electron chi connectivity index (χ0n) is 15.2. The fourth-order valence-electron chi connectivity index (χ4n) is 3.00. The molecule has 0 aromatic heterocycles. The summed E-state index contributed by atoms with van der Waals surface area (Å²) in [5.74, 6) is 0. The van der Waals surface area contributed by atoms with Crippen molar-refractivity contribution in [2.24, 2.45) is 0 Å². The van der Waals surface area contributed by atoms with E-state index in [0.717, 1.165) is 16.7 Å². The lowest BCUT2D eigenvalue weighted by molar-refractivity contribution is -0.385. The molecule has 0 bridgehead atoms. The number of rotatable bonds is 4. The van der Waals surface area contributed by atoms with Crippen LogP contribution >= 0.6 is 0 Å². The molecule has 0 aliphatic rings. The molecule has 0 fully saturated rings. The van der Waals surface area contributed by atoms with Crippen molar-refractivity contribution in [2.45, 2.75) is 46.4 Å². The Hall–Kier alpha value is -2.41. The zero-order chi connectivity index (χ0) is 19.1. The summed E-state index contributed by atoms with van der Waals surface area (Å²) in [5, 5.41) is 11.1. The average molecular weight is 362 g/mol. The van der Waals surface area contributed by atoms with E-state index in [1.165, 1.54) is 25.1 Å². The highest BCUT2D eigenvalue weighted by Crippen LogP contribution is 2.32. The van der Waals surface area contributed by atoms with Crippen LogP contribution in [0.2, 0.25) is 0 Å². The number of anilines is 1. The summed E-state index contributed by atoms with van der Waals surface area (Å²) in [6.45, 7) is 10.9. The Morgan fingerprint density at radius 3 is 1.80 bits per heavy atom. The van der Waals surface area contributed by atoms with Crippen LogP contribution in [-0.4, -0.2) is 13.3 Å². The van der Waals surface area contributed by atoms with Crippen LogP contribution in [0.5, 0.6) is 0 Å². The predicted molar refractivity (Wildman–Crippen MR) is 98.8 cm³/mol. The number of hydrogen-bond donors (Lipinski definition) is 1. The maximum Gasteiger partial charge on any atom is 0.274 e. The van der Waals surface area contributed by atoms with Gasteiger partial charge in [-0.3, -0.25) is 14.8 Å². The van der Waals surface area contributed by atoms with Crippen molar-refractivity contribution < 1.29 is 13.3 Å². The molecule has 0 aliphatic carbocycles. The summed E-state index contributed by atoms with van der Waals surface area (Å²) < 4.78 is 28.5. The van der Waals surface area contributed by atoms with Gasteiger partial charge in [0.1, 0.15) is 0 Å². The number of nitro benzene ring substituents is 1. The first-order chi connectivity index (χ1) is 11.5. The molecule has 2 rings (SSSR count). The topological polar surface area (TPSA) is 89.3 Å². The summed E-state index contributed by atoms with van der Waals surface area (Å²) in [7, 11) is -3.87. The average Bonchev–Trinajstić information content (AvgIpc) is 2.52. The Balaban J connectivity index is 2.64. The van der Waals surface area contributed by atoms with E-state index >= 15 is 0 Å². The number of nitrogens with zero attached hydrogens (tertiary/aromatic N) is 1. The van der Waals surface area contributed by atoms with Crippen LogP contribution < -0.4 is 4.72 Å². The first-order valence-electron chi connectivity index (χ1n) is 7.82. The van der Waals surface area contributed by atoms with E-state index in [-0.39, 0.29) is 21.8 Å². The highest BCUT2D eigenvalue weighted by Gasteiger charge is 2.25. The molecule has 0 amide bonds. The van der Waals surface area contributed by atoms with E-state index in [1.54, 1.807) is 13.8 Å². The molecule has 0 atom stereocenters. The third kappa shape index (κ3) is 3.24. The predicted octanol–water partition coefficient (Wildman–Crippen LogP) is 4.25. The lowest BCUT2D eigenvalue weighted by atomic mass is 9.95. The largest absolute Gasteiger partial charge is 0.279 e. The zero-order valence-corrected chi connectivity index (χ0v) is 16.0. The van der Waals surface area contributed by atoms with Crippen LogP contribution in [0.25, 0.3) is 0 Å². The third-order valence-corrected chi connectivity index (χ3v) is 6.58. The molecule has 1 N–H and O–H groups in total. The van der Waals surface area contributed by atoms with Crippen LogP contribution in [-0.2, 0) is 10.0 Å². The number of benzene rings is 2. The summed E-state index contributed by atoms with van der Waals surface area (Å²) in [5.41, 5.74) is 4.69. The van der Waals surface area contributed by atoms with Gasteiger partial charge in [-0.1, -0.05) is 6.07 Å². The van der Waals surface area contributed by atoms with Gasteiger partial charge >= 0.3 is 0 Å². The standard InChI is InChI=1S/C18H22N2O4S/c1-10-11(2)13(4)18(14(5)12(10)3)25(23,24)19-16-8-7-9-17(15(16)6)20(21)22/h7-9,19H,1-6H3. The fraction of sp³-hybridized carbons (Fsp3) is 0.333. The molecule has 0 unspecified atom stereocenters. The monoisotopic (exact) mass is 362 g/mol. The van der Waals surface area contributed by atoms with Gasteiger partial charge in [0, 0.05) is 6.07 Å². The van der Waals surface area contributed by atoms with Gasteiger partial charge < -0.3 is 0 Å². The molecule has 0 aliphatic heterocycles. The van der Waals surface area contributed by atoms with E-state index in [9.17, 15) is 18.5 Å². The molecule has 0 radical (unpaired) electrons. The fourth-order valence-corrected chi connectivity index (χ4v) is 4.72. The second-order valence-corrected chi connectivity index (χ2v) is 7.89. The minimum atomic E-state index is -3.87. The van der Waals surface area contributed by atoms with E-state index < -0.39 is 14.9 Å². The summed E-state index contributed by atoms with van der Waals surface area (Å²) in [6.07, 6.45) is 0. The highest BCUT2D eigenvalue weighted by atomic mass is 32.2. The number of nitro groups is 1. The van der Waals surface area contributed by atoms with Gasteiger partial charge in [0.2, 0.25) is 0 Å². The van der Waals surface area contributed by atoms with E-state index in [4.69, 9.17) is 0 Å². The molecule has 7 heteroatoms. The molecular weight excluding hydrogens is 340 g/mol. The lowest BCUT2D eigenvalue weighted by Gasteiger charge is -2.19. The van der Waals surface area contributed by atoms with Gasteiger partial charge in [0.25, 0.3) is 15.7 Å². The molecule has 0 spiro atoms. The first-order valence-corrected chi connectivity index (χ1v) is 9.31. The second-order valence-electron chi connectivity index (χ2n) is 6.27. The van der Waals surface area contributed by atoms with Crippen molar-refractivity contribution in [3.63, 3.8) is 0 Å². The Bertz CT molecular complexity index is 950. The number of nitrogens with one attached hydrogen (secondary N) is 1. The molecule has 6 nitrogen and oxygen atoms in total. The van der Waals surface area contributed by atoms with Crippen molar-refractivity contribution >= 4 is 21.4 Å². The summed E-state index contributed by atoms with van der Waals surface area (Å²) in [6, 6.07) is 4.34. The Morgan fingerprint density at radius 1 is 0.840 bits per heavy atom. The third-order valence-electron chi connectivity index (χ3n) is 4.95. The SMILES string of the molecule is Cc1c(NS(=O)(=O)c2c(C)c(C)c(C)c(C)c2C)cccc1[N+](=O)[O-]. The van der Waals surface area contributed by atoms with Gasteiger partial charge in [-0.15, -0.1) is 0 Å². The van der Waals surface area contributed by atoms with Gasteiger partial charge in [0.15, 0.2) is 0 Å². The Morgan fingerprint density at radius 2 is 1.32 bits per heavy atom. The van der Waals surface area contributed by atoms with Crippen LogP contribution in [0.1, 0.15) is 33.4 Å². The molecular formula is C18H22N2O4S. The molecule has 134 valence electrons. The van der Waals surface area contributed by atoms with E-state index in [1.807, 2.05) is 20.8 Å². The Kier molecular flexibility index (Phi) is 4.90. The van der Waals surface area contributed by atoms with Gasteiger partial charge in [-0.25, -0.2) is 8.42 Å². The molecule has 2 aromatic rings. The quantitative estimate of drug-likeness (QED) is 0.650. The van der Waals surface area contributed by atoms with Crippen LogP contribution in [0.4, 0.5) is 11.4 Å². The van der Waals surface area contributed by atoms with Crippen molar-refractivity contribution in [3.8, 4) is 0 Å². The van der Waals surface area contributed by atoms with E-state index in [2.05, 4.69) is 4.72 Å². The van der Waals surface area contributed by atoms with Crippen LogP contribution in [0, 0.1) is 51.7 Å². The lowest BCUT2D eigenvalue weighted by Crippen LogP contribution is -2.18. The van der Waals surface area contributed by atoms with Crippen molar-refractivity contribution in [1.82, 2.24) is 0 Å². The maximum atomic E-state index is 13.0. The molecule has 0 saturated heterocycles. The molecule has 0 saturated carbocycles. The van der Waals surface area contributed by atoms with Crippen molar-refractivity contribution in [2.75, 3.05) is 4.72 Å². The molecule has 0 heterocycles. The molecule has 25 heavy (non-hydrogen) atoms. The molecule has 2 aromatic carbocycles. The van der Waals surface area contributed by atoms with Crippen LogP contribution in [0.15, 0.2) is 23.1 Å². The first kappa shape index (κ1) is 18.9. The maximum absolute atomic E-state index is 13.0. The normalized spacial score (nSPS) is 11.4. The van der Waals surface area contributed by atoms with Crippen LogP contribution in [0.3, 0.4) is 0 Å². The minimum Gasteiger partial charge on any atom is -0.279 e. The summed E-state index contributed by atoms with van der Waals surface area (Å²) >= 11 is 0. The van der Waals surface area contributed by atoms with Crippen molar-refractivity contribution in [1.29, 1.82) is 0 Å². The highest BCUT2D eigenvalue weighted by molar-refractivity contribution is 7.92. The van der Waals surface area contributed by atoms with Crippen molar-refractivity contribution in [3.05, 3.63) is 61.7 Å². The summed E-state index contributed by atoms with van der Waals surface area (Å²) in [4.78, 5) is 10.8. The van der Waals surface area contributed by atoms with Gasteiger partial charge in [0.05, 0.1) is 21.1 Å². The Labute approximate surface area is 148 Å². The van der Waals surface area contributed by atoms with Gasteiger partial charge in [-0.05, 0) is 75.4 Å². The second kappa shape index (κ2) is 6.48. The smallest absolute Gasteiger partial charge is 0.274 e. The minimum absolute atomic E-state index is 0.120. The van der Waals surface area contributed by atoms with E-state index in [0.29, 0.717) is 11.1 Å². The number of hydrogen-bond acceptors (Lipinski definition) is 4. The van der Waals surface area contributed by atoms with Gasteiger partial charge in [-0.2, -0.15) is 0 Å².